The lowest BCUT2D eigenvalue weighted by Gasteiger charge is -2.30. The maximum Gasteiger partial charge on any atom is 0.414 e. The Kier molecular flexibility index (Phi) is 5.92. The molecule has 0 aromatic heterocycles. The molecule has 5 heteroatoms. The number of aliphatic hydroxyl groups is 1. The first-order chi connectivity index (χ1) is 8.29. The van der Waals surface area contributed by atoms with Crippen LogP contribution in [0.15, 0.2) is 0 Å². The minimum atomic E-state index is -4.47. The van der Waals surface area contributed by atoms with Crippen molar-refractivity contribution in [1.29, 1.82) is 0 Å². The van der Waals surface area contributed by atoms with E-state index in [2.05, 4.69) is 0 Å². The topological polar surface area (TPSA) is 46.2 Å². The van der Waals surface area contributed by atoms with E-state index in [1.165, 1.54) is 0 Å². The van der Waals surface area contributed by atoms with Gasteiger partial charge in [0, 0.05) is 6.04 Å². The van der Waals surface area contributed by atoms with Gasteiger partial charge in [0.05, 0.1) is 0 Å². The summed E-state index contributed by atoms with van der Waals surface area (Å²) in [4.78, 5) is 0. The minimum Gasteiger partial charge on any atom is -0.384 e. The molecule has 0 aromatic carbocycles. The largest absolute Gasteiger partial charge is 0.414 e. The third-order valence-electron chi connectivity index (χ3n) is 3.93. The standard InChI is InChI=1S/C13H24F3NO/c1-9(17)2-3-10-4-6-11(7-5-10)8-12(18)13(14,15)16/h9-12,18H,2-8,17H2,1H3. The molecule has 3 N–H and O–H groups in total. The Hall–Kier alpha value is -0.290. The highest BCUT2D eigenvalue weighted by Crippen LogP contribution is 2.36. The Morgan fingerprint density at radius 2 is 1.67 bits per heavy atom. The fourth-order valence-corrected chi connectivity index (χ4v) is 2.70. The predicted molar refractivity (Wildman–Crippen MR) is 65.0 cm³/mol. The second-order valence-electron chi connectivity index (χ2n) is 5.73. The Labute approximate surface area is 107 Å². The number of nitrogens with two attached hydrogens (primary N) is 1. The van der Waals surface area contributed by atoms with Crippen LogP contribution in [0.5, 0.6) is 0 Å². The van der Waals surface area contributed by atoms with Crippen LogP contribution in [0.2, 0.25) is 0 Å². The molecule has 0 spiro atoms. The second kappa shape index (κ2) is 6.75. The van der Waals surface area contributed by atoms with Crippen LogP contribution in [0.25, 0.3) is 0 Å². The highest BCUT2D eigenvalue weighted by atomic mass is 19.4. The van der Waals surface area contributed by atoms with Gasteiger partial charge in [-0.2, -0.15) is 13.2 Å². The van der Waals surface area contributed by atoms with Gasteiger partial charge >= 0.3 is 6.18 Å². The number of hydrogen-bond acceptors (Lipinski definition) is 2. The zero-order valence-electron chi connectivity index (χ0n) is 10.9. The minimum absolute atomic E-state index is 0.0215. The van der Waals surface area contributed by atoms with Crippen LogP contribution < -0.4 is 5.73 Å². The van der Waals surface area contributed by atoms with E-state index in [1.54, 1.807) is 0 Å². The number of rotatable bonds is 5. The zero-order valence-corrected chi connectivity index (χ0v) is 10.9. The summed E-state index contributed by atoms with van der Waals surface area (Å²) in [5.74, 6) is 0.628. The molecule has 2 nitrogen and oxygen atoms in total. The van der Waals surface area contributed by atoms with Gasteiger partial charge in [-0.1, -0.05) is 25.7 Å². The summed E-state index contributed by atoms with van der Waals surface area (Å²) in [6.45, 7) is 1.98. The summed E-state index contributed by atoms with van der Waals surface area (Å²) >= 11 is 0. The lowest BCUT2D eigenvalue weighted by atomic mass is 9.77. The molecule has 0 heterocycles. The van der Waals surface area contributed by atoms with E-state index >= 15 is 0 Å². The Morgan fingerprint density at radius 3 is 2.11 bits per heavy atom. The maximum absolute atomic E-state index is 12.2. The summed E-state index contributed by atoms with van der Waals surface area (Å²) < 4.78 is 36.7. The molecule has 0 aromatic rings. The number of aliphatic hydroxyl groups excluding tert-OH is 1. The Balaban J connectivity index is 2.23. The van der Waals surface area contributed by atoms with Crippen LogP contribution in [-0.4, -0.2) is 23.4 Å². The van der Waals surface area contributed by atoms with Crippen LogP contribution in [0.4, 0.5) is 13.2 Å². The summed E-state index contributed by atoms with van der Waals surface area (Å²) in [6, 6.07) is 0.203. The van der Waals surface area contributed by atoms with Gasteiger partial charge in [-0.05, 0) is 38.0 Å². The summed E-state index contributed by atoms with van der Waals surface area (Å²) in [7, 11) is 0. The van der Waals surface area contributed by atoms with Crippen molar-refractivity contribution in [3.63, 3.8) is 0 Å². The van der Waals surface area contributed by atoms with Gasteiger partial charge in [-0.3, -0.25) is 0 Å². The van der Waals surface area contributed by atoms with E-state index < -0.39 is 12.3 Å². The SMILES string of the molecule is CC(N)CCC1CCC(CC(O)C(F)(F)F)CC1. The van der Waals surface area contributed by atoms with Gasteiger partial charge in [0.25, 0.3) is 0 Å². The Morgan fingerprint density at radius 1 is 1.17 bits per heavy atom. The lowest BCUT2D eigenvalue weighted by Crippen LogP contribution is -2.31. The Bertz CT molecular complexity index is 235. The van der Waals surface area contributed by atoms with E-state index in [1.807, 2.05) is 6.92 Å². The quantitative estimate of drug-likeness (QED) is 0.803. The first kappa shape index (κ1) is 15.8. The molecular weight excluding hydrogens is 243 g/mol. The van der Waals surface area contributed by atoms with Crippen molar-refractivity contribution in [2.45, 2.75) is 70.2 Å². The van der Waals surface area contributed by atoms with E-state index in [0.29, 0.717) is 5.92 Å². The average Bonchev–Trinajstić information content (AvgIpc) is 2.26. The third-order valence-corrected chi connectivity index (χ3v) is 3.93. The molecule has 1 saturated carbocycles. The van der Waals surface area contributed by atoms with Gasteiger partial charge in [0.1, 0.15) is 6.10 Å². The summed E-state index contributed by atoms with van der Waals surface area (Å²) in [6.07, 6.45) is -1.14. The van der Waals surface area contributed by atoms with Crippen molar-refractivity contribution in [2.24, 2.45) is 17.6 Å². The predicted octanol–water partition coefficient (Wildman–Crippen LogP) is 3.23. The molecule has 0 bridgehead atoms. The van der Waals surface area contributed by atoms with Gasteiger partial charge in [-0.15, -0.1) is 0 Å². The van der Waals surface area contributed by atoms with Gasteiger partial charge in [0.15, 0.2) is 0 Å². The highest BCUT2D eigenvalue weighted by Gasteiger charge is 2.39. The maximum atomic E-state index is 12.2. The van der Waals surface area contributed by atoms with Crippen LogP contribution in [0.1, 0.15) is 51.9 Å². The van der Waals surface area contributed by atoms with Gasteiger partial charge in [-0.25, -0.2) is 0 Å². The number of alkyl halides is 3. The molecule has 108 valence electrons. The normalized spacial score (nSPS) is 29.0. The van der Waals surface area contributed by atoms with Crippen molar-refractivity contribution in [3.05, 3.63) is 0 Å². The van der Waals surface area contributed by atoms with Crippen LogP contribution in [-0.2, 0) is 0 Å². The summed E-state index contributed by atoms with van der Waals surface area (Å²) in [5, 5.41) is 9.04. The van der Waals surface area contributed by atoms with Crippen LogP contribution >= 0.6 is 0 Å². The number of halogens is 3. The third kappa shape index (κ3) is 5.57. The van der Waals surface area contributed by atoms with Gasteiger partial charge in [0.2, 0.25) is 0 Å². The molecular formula is C13H24F3NO. The van der Waals surface area contributed by atoms with Crippen molar-refractivity contribution in [1.82, 2.24) is 0 Å². The first-order valence-electron chi connectivity index (χ1n) is 6.79. The zero-order chi connectivity index (χ0) is 13.8. The van der Waals surface area contributed by atoms with Crippen molar-refractivity contribution in [3.8, 4) is 0 Å². The van der Waals surface area contributed by atoms with E-state index in [-0.39, 0.29) is 18.4 Å². The molecule has 1 rings (SSSR count). The molecule has 0 aliphatic heterocycles. The molecule has 1 aliphatic rings. The smallest absolute Gasteiger partial charge is 0.384 e. The summed E-state index contributed by atoms with van der Waals surface area (Å²) in [5.41, 5.74) is 5.69. The lowest BCUT2D eigenvalue weighted by molar-refractivity contribution is -0.209. The fraction of sp³-hybridized carbons (Fsp3) is 1.00. The molecule has 18 heavy (non-hydrogen) atoms. The van der Waals surface area contributed by atoms with Crippen LogP contribution in [0, 0.1) is 11.8 Å². The number of hydrogen-bond donors (Lipinski definition) is 2. The first-order valence-corrected chi connectivity index (χ1v) is 6.79. The monoisotopic (exact) mass is 267 g/mol. The molecule has 2 atom stereocenters. The van der Waals surface area contributed by atoms with E-state index in [9.17, 15) is 13.2 Å². The molecule has 0 saturated heterocycles. The van der Waals surface area contributed by atoms with Crippen molar-refractivity contribution >= 4 is 0 Å². The molecule has 1 aliphatic carbocycles. The van der Waals surface area contributed by atoms with E-state index in [0.717, 1.165) is 38.5 Å². The van der Waals surface area contributed by atoms with Crippen molar-refractivity contribution < 1.29 is 18.3 Å². The van der Waals surface area contributed by atoms with Crippen molar-refractivity contribution in [2.75, 3.05) is 0 Å². The van der Waals surface area contributed by atoms with E-state index in [4.69, 9.17) is 10.8 Å². The second-order valence-corrected chi connectivity index (χ2v) is 5.73. The van der Waals surface area contributed by atoms with Gasteiger partial charge < -0.3 is 10.8 Å². The molecule has 1 fully saturated rings. The fourth-order valence-electron chi connectivity index (χ4n) is 2.70. The average molecular weight is 267 g/mol. The molecule has 0 amide bonds. The molecule has 2 unspecified atom stereocenters. The van der Waals surface area contributed by atoms with Crippen LogP contribution in [0.3, 0.4) is 0 Å². The highest BCUT2D eigenvalue weighted by molar-refractivity contribution is 4.77. The molecule has 0 radical (unpaired) electrons.